The number of hydrogen-bond donors (Lipinski definition) is 0. The summed E-state index contributed by atoms with van der Waals surface area (Å²) in [6, 6.07) is 3.83. The van der Waals surface area contributed by atoms with Crippen molar-refractivity contribution in [3.05, 3.63) is 45.4 Å². The molecule has 128 valence electrons. The fourth-order valence-corrected chi connectivity index (χ4v) is 3.46. The van der Waals surface area contributed by atoms with Crippen molar-refractivity contribution >= 4 is 23.0 Å². The Morgan fingerprint density at radius 2 is 2.21 bits per heavy atom. The Kier molecular flexibility index (Phi) is 4.49. The zero-order valence-electron chi connectivity index (χ0n) is 12.9. The van der Waals surface area contributed by atoms with Gasteiger partial charge < -0.3 is 9.64 Å². The van der Waals surface area contributed by atoms with Crippen LogP contribution in [0.25, 0.3) is 0 Å². The van der Waals surface area contributed by atoms with Gasteiger partial charge in [-0.25, -0.2) is 9.78 Å². The van der Waals surface area contributed by atoms with Crippen LogP contribution in [0.2, 0.25) is 0 Å². The average molecular weight is 356 g/mol. The lowest BCUT2D eigenvalue weighted by Gasteiger charge is -2.19. The minimum atomic E-state index is -4.36. The van der Waals surface area contributed by atoms with Crippen LogP contribution in [0.1, 0.15) is 32.7 Å². The molecular formula is C16H15F3N2O2S. The predicted octanol–water partition coefficient (Wildman–Crippen LogP) is 3.90. The second-order valence-corrected chi connectivity index (χ2v) is 6.47. The van der Waals surface area contributed by atoms with Gasteiger partial charge in [-0.1, -0.05) is 6.07 Å². The van der Waals surface area contributed by atoms with E-state index in [9.17, 15) is 18.0 Å². The first-order chi connectivity index (χ1) is 11.4. The van der Waals surface area contributed by atoms with Gasteiger partial charge >= 0.3 is 12.1 Å². The molecule has 0 unspecified atom stereocenters. The van der Waals surface area contributed by atoms with E-state index < -0.39 is 17.7 Å². The molecule has 1 aliphatic rings. The number of alkyl halides is 3. The van der Waals surface area contributed by atoms with Crippen LogP contribution in [0.5, 0.6) is 0 Å². The molecule has 0 amide bonds. The predicted molar refractivity (Wildman–Crippen MR) is 84.3 cm³/mol. The van der Waals surface area contributed by atoms with Gasteiger partial charge in [0.1, 0.15) is 9.88 Å². The van der Waals surface area contributed by atoms with Gasteiger partial charge in [0, 0.05) is 12.2 Å². The molecule has 4 nitrogen and oxygen atoms in total. The topological polar surface area (TPSA) is 42.4 Å². The number of fused-ring (bicyclic) bond motifs is 1. The maximum absolute atomic E-state index is 12.9. The molecule has 2 heterocycles. The monoisotopic (exact) mass is 356 g/mol. The smallest absolute Gasteiger partial charge is 0.416 e. The van der Waals surface area contributed by atoms with Gasteiger partial charge in [0.25, 0.3) is 0 Å². The van der Waals surface area contributed by atoms with Gasteiger partial charge in [-0.2, -0.15) is 13.2 Å². The number of carbonyl (C=O) groups is 1. The number of nitrogens with zero attached hydrogens (tertiary/aromatic N) is 2. The molecule has 0 fully saturated rings. The van der Waals surface area contributed by atoms with Crippen LogP contribution in [0.15, 0.2) is 24.4 Å². The molecular weight excluding hydrogens is 341 g/mol. The number of thiazole rings is 1. The third kappa shape index (κ3) is 3.38. The van der Waals surface area contributed by atoms with Gasteiger partial charge in [0.05, 0.1) is 24.9 Å². The Hall–Kier alpha value is -2.09. The second-order valence-electron chi connectivity index (χ2n) is 5.35. The summed E-state index contributed by atoms with van der Waals surface area (Å²) in [4.78, 5) is 18.1. The van der Waals surface area contributed by atoms with Crippen LogP contribution in [0.4, 0.5) is 18.9 Å². The van der Waals surface area contributed by atoms with Crippen LogP contribution < -0.4 is 4.90 Å². The lowest BCUT2D eigenvalue weighted by molar-refractivity contribution is -0.137. The van der Waals surface area contributed by atoms with Gasteiger partial charge in [0.15, 0.2) is 0 Å². The first-order valence-electron chi connectivity index (χ1n) is 7.45. The van der Waals surface area contributed by atoms with E-state index in [1.54, 1.807) is 6.92 Å². The fourth-order valence-electron chi connectivity index (χ4n) is 2.63. The van der Waals surface area contributed by atoms with Crippen molar-refractivity contribution < 1.29 is 22.7 Å². The highest BCUT2D eigenvalue weighted by Crippen LogP contribution is 2.36. The molecule has 3 rings (SSSR count). The molecule has 0 spiro atoms. The van der Waals surface area contributed by atoms with E-state index in [4.69, 9.17) is 4.74 Å². The highest BCUT2D eigenvalue weighted by atomic mass is 32.1. The van der Waals surface area contributed by atoms with Crippen LogP contribution >= 0.6 is 11.3 Å². The molecule has 1 aliphatic heterocycles. The highest BCUT2D eigenvalue weighted by Gasteiger charge is 2.32. The molecule has 2 aromatic rings. The molecule has 0 saturated heterocycles. The van der Waals surface area contributed by atoms with E-state index in [1.807, 2.05) is 4.90 Å². The summed E-state index contributed by atoms with van der Waals surface area (Å²) in [5, 5.41) is 0.670. The molecule has 1 aromatic carbocycles. The molecule has 0 saturated carbocycles. The van der Waals surface area contributed by atoms with E-state index in [1.165, 1.54) is 29.7 Å². The Morgan fingerprint density at radius 3 is 2.92 bits per heavy atom. The Morgan fingerprint density at radius 1 is 1.42 bits per heavy atom. The molecule has 0 atom stereocenters. The lowest BCUT2D eigenvalue weighted by Crippen LogP contribution is -2.20. The van der Waals surface area contributed by atoms with E-state index in [0.717, 1.165) is 11.6 Å². The SMILES string of the molecule is CCOC(=O)c1cnc(CN2CCc3ccc(C(F)(F)F)cc32)s1. The molecule has 1 aromatic heterocycles. The summed E-state index contributed by atoms with van der Waals surface area (Å²) in [6.07, 6.45) is -2.22. The Labute approximate surface area is 140 Å². The molecule has 8 heteroatoms. The number of carbonyl (C=O) groups excluding carboxylic acids is 1. The number of ether oxygens (including phenoxy) is 1. The highest BCUT2D eigenvalue weighted by molar-refractivity contribution is 7.13. The molecule has 24 heavy (non-hydrogen) atoms. The van der Waals surface area contributed by atoms with Crippen LogP contribution in [0, 0.1) is 0 Å². The Balaban J connectivity index is 1.78. The number of hydrogen-bond acceptors (Lipinski definition) is 5. The second kappa shape index (κ2) is 6.43. The van der Waals surface area contributed by atoms with Crippen LogP contribution in [0.3, 0.4) is 0 Å². The number of benzene rings is 1. The van der Waals surface area contributed by atoms with Crippen molar-refractivity contribution in [1.82, 2.24) is 4.98 Å². The summed E-state index contributed by atoms with van der Waals surface area (Å²) in [6.45, 7) is 3.01. The first kappa shape index (κ1) is 16.8. The van der Waals surface area contributed by atoms with E-state index in [2.05, 4.69) is 4.98 Å². The van der Waals surface area contributed by atoms with E-state index >= 15 is 0 Å². The maximum atomic E-state index is 12.9. The fraction of sp³-hybridized carbons (Fsp3) is 0.375. The van der Waals surface area contributed by atoms with Crippen molar-refractivity contribution in [2.24, 2.45) is 0 Å². The largest absolute Gasteiger partial charge is 0.462 e. The van der Waals surface area contributed by atoms with Crippen molar-refractivity contribution in [3.63, 3.8) is 0 Å². The molecule has 0 radical (unpaired) electrons. The third-order valence-corrected chi connectivity index (χ3v) is 4.72. The zero-order chi connectivity index (χ0) is 17.3. The number of halogens is 3. The standard InChI is InChI=1S/C16H15F3N2O2S/c1-2-23-15(22)13-8-20-14(24-13)9-21-6-5-10-3-4-11(7-12(10)21)16(17,18)19/h3-4,7-8H,2,5-6,9H2,1H3. The zero-order valence-corrected chi connectivity index (χ0v) is 13.7. The maximum Gasteiger partial charge on any atom is 0.416 e. The number of rotatable bonds is 4. The van der Waals surface area contributed by atoms with Gasteiger partial charge in [0.2, 0.25) is 0 Å². The van der Waals surface area contributed by atoms with Crippen LogP contribution in [-0.2, 0) is 23.9 Å². The van der Waals surface area contributed by atoms with Gasteiger partial charge in [-0.05, 0) is 31.0 Å². The van der Waals surface area contributed by atoms with E-state index in [0.29, 0.717) is 35.1 Å². The summed E-state index contributed by atoms with van der Waals surface area (Å²) >= 11 is 1.20. The quantitative estimate of drug-likeness (QED) is 0.779. The van der Waals surface area contributed by atoms with Gasteiger partial charge in [-0.3, -0.25) is 0 Å². The van der Waals surface area contributed by atoms with Crippen molar-refractivity contribution in [2.75, 3.05) is 18.1 Å². The normalized spacial score (nSPS) is 13.9. The third-order valence-electron chi connectivity index (χ3n) is 3.76. The summed E-state index contributed by atoms with van der Waals surface area (Å²) in [5.41, 5.74) is 0.822. The number of anilines is 1. The molecule has 0 bridgehead atoms. The minimum absolute atomic E-state index is 0.284. The Bertz CT molecular complexity index is 758. The van der Waals surface area contributed by atoms with Crippen molar-refractivity contribution in [2.45, 2.75) is 26.1 Å². The van der Waals surface area contributed by atoms with Crippen LogP contribution in [-0.4, -0.2) is 24.1 Å². The van der Waals surface area contributed by atoms with Crippen molar-refractivity contribution in [3.8, 4) is 0 Å². The molecule has 0 N–H and O–H groups in total. The first-order valence-corrected chi connectivity index (χ1v) is 8.27. The van der Waals surface area contributed by atoms with E-state index in [-0.39, 0.29) is 6.61 Å². The average Bonchev–Trinajstić information content (AvgIpc) is 3.14. The number of aromatic nitrogens is 1. The lowest BCUT2D eigenvalue weighted by atomic mass is 10.1. The minimum Gasteiger partial charge on any atom is -0.462 e. The van der Waals surface area contributed by atoms with Gasteiger partial charge in [-0.15, -0.1) is 11.3 Å². The number of esters is 1. The molecule has 0 aliphatic carbocycles. The van der Waals surface area contributed by atoms with Crippen molar-refractivity contribution in [1.29, 1.82) is 0 Å². The summed E-state index contributed by atoms with van der Waals surface area (Å²) < 4.78 is 43.6. The summed E-state index contributed by atoms with van der Waals surface area (Å²) in [5.74, 6) is -0.428. The summed E-state index contributed by atoms with van der Waals surface area (Å²) in [7, 11) is 0.